The molecule has 8 heteroatoms. The Kier molecular flexibility index (Phi) is 5.55. The fourth-order valence-corrected chi connectivity index (χ4v) is 4.04. The molecule has 1 atom stereocenters. The number of halogens is 1. The molecule has 1 heterocycles. The van der Waals surface area contributed by atoms with Crippen molar-refractivity contribution in [2.45, 2.75) is 37.1 Å². The molecule has 3 rings (SSSR count). The lowest BCUT2D eigenvalue weighted by molar-refractivity contribution is -0.117. The van der Waals surface area contributed by atoms with Crippen molar-refractivity contribution in [3.63, 3.8) is 0 Å². The van der Waals surface area contributed by atoms with Gasteiger partial charge >= 0.3 is 0 Å². The summed E-state index contributed by atoms with van der Waals surface area (Å²) in [5, 5.41) is 2.71. The molecule has 1 amide bonds. The number of carbonyl (C=O) groups excluding carboxylic acids is 1. The first-order valence-electron chi connectivity index (χ1n) is 8.67. The predicted molar refractivity (Wildman–Crippen MR) is 102 cm³/mol. The number of hydrogen-bond donors (Lipinski definition) is 2. The minimum absolute atomic E-state index is 0.150. The van der Waals surface area contributed by atoms with E-state index in [4.69, 9.17) is 0 Å². The fourth-order valence-electron chi connectivity index (χ4n) is 2.80. The lowest BCUT2D eigenvalue weighted by Gasteiger charge is -2.14. The molecule has 2 N–H and O–H groups in total. The van der Waals surface area contributed by atoms with E-state index < -0.39 is 21.9 Å². The molecular weight excluding hydrogens is 369 g/mol. The molecule has 2 aromatic carbocycles. The van der Waals surface area contributed by atoms with Crippen LogP contribution in [0.3, 0.4) is 0 Å². The highest BCUT2D eigenvalue weighted by atomic mass is 32.2. The van der Waals surface area contributed by atoms with E-state index in [9.17, 15) is 17.6 Å². The second-order valence-corrected chi connectivity index (χ2v) is 7.88. The Morgan fingerprint density at radius 2 is 1.89 bits per heavy atom. The fraction of sp³-hybridized carbons (Fsp3) is 0.263. The van der Waals surface area contributed by atoms with Gasteiger partial charge in [-0.1, -0.05) is 31.9 Å². The zero-order valence-corrected chi connectivity index (χ0v) is 15.6. The third-order valence-corrected chi connectivity index (χ3v) is 5.59. The molecule has 1 aliphatic heterocycles. The quantitative estimate of drug-likeness (QED) is 0.796. The lowest BCUT2D eigenvalue weighted by atomic mass is 10.1. The molecule has 2 aromatic rings. The highest BCUT2D eigenvalue weighted by Gasteiger charge is 2.31. The van der Waals surface area contributed by atoms with E-state index in [1.807, 2.05) is 6.92 Å². The van der Waals surface area contributed by atoms with Crippen molar-refractivity contribution in [1.29, 1.82) is 0 Å². The van der Waals surface area contributed by atoms with Gasteiger partial charge in [0.1, 0.15) is 17.7 Å². The Balaban J connectivity index is 1.88. The molecule has 0 saturated heterocycles. The molecule has 27 heavy (non-hydrogen) atoms. The Bertz CT molecular complexity index is 972. The van der Waals surface area contributed by atoms with E-state index in [1.165, 1.54) is 30.3 Å². The smallest absolute Gasteiger partial charge is 0.263 e. The summed E-state index contributed by atoms with van der Waals surface area (Å²) in [6.07, 6.45) is 2.09. The predicted octanol–water partition coefficient (Wildman–Crippen LogP) is 3.06. The Morgan fingerprint density at radius 3 is 2.59 bits per heavy atom. The van der Waals surface area contributed by atoms with Crippen LogP contribution in [-0.2, 0) is 14.8 Å². The van der Waals surface area contributed by atoms with Gasteiger partial charge in [0, 0.05) is 11.3 Å². The van der Waals surface area contributed by atoms with Crippen molar-refractivity contribution in [3.8, 4) is 0 Å². The molecule has 0 aliphatic carbocycles. The highest BCUT2D eigenvalue weighted by molar-refractivity contribution is 7.90. The number of sulfonamides is 1. The van der Waals surface area contributed by atoms with Gasteiger partial charge in [0.05, 0.1) is 4.90 Å². The number of hydrogen-bond acceptors (Lipinski definition) is 4. The third-order valence-electron chi connectivity index (χ3n) is 4.19. The first-order valence-corrected chi connectivity index (χ1v) is 10.2. The summed E-state index contributed by atoms with van der Waals surface area (Å²) >= 11 is 0. The number of fused-ring (bicyclic) bond motifs is 1. The summed E-state index contributed by atoms with van der Waals surface area (Å²) < 4.78 is 39.9. The summed E-state index contributed by atoms with van der Waals surface area (Å²) in [6.45, 7) is 2.00. The summed E-state index contributed by atoms with van der Waals surface area (Å²) in [5.74, 6) is -0.597. The van der Waals surface area contributed by atoms with Crippen LogP contribution in [-0.4, -0.2) is 26.2 Å². The van der Waals surface area contributed by atoms with E-state index in [0.29, 0.717) is 17.7 Å². The average molecular weight is 389 g/mol. The maximum atomic E-state index is 13.0. The summed E-state index contributed by atoms with van der Waals surface area (Å²) in [7, 11) is -3.66. The molecule has 0 radical (unpaired) electrons. The standard InChI is InChI=1S/C19H20FN3O3S/c1-2-3-7-16(19(24)21-14-11-9-13(20)10-12-14)22-18-15-6-4-5-8-17(15)27(25,26)23-18/h4-6,8-12,16H,2-3,7H2,1H3,(H,21,24)(H,22,23)/t16-/m0/s1. The second kappa shape index (κ2) is 7.87. The molecule has 0 saturated carbocycles. The van der Waals surface area contributed by atoms with Gasteiger partial charge in [-0.25, -0.2) is 12.8 Å². The van der Waals surface area contributed by atoms with Crippen molar-refractivity contribution < 1.29 is 17.6 Å². The van der Waals surface area contributed by atoms with Crippen LogP contribution in [0.15, 0.2) is 58.4 Å². The average Bonchev–Trinajstić information content (AvgIpc) is 2.91. The largest absolute Gasteiger partial charge is 0.324 e. The van der Waals surface area contributed by atoms with Crippen molar-refractivity contribution in [3.05, 3.63) is 59.9 Å². The van der Waals surface area contributed by atoms with E-state index in [2.05, 4.69) is 15.0 Å². The summed E-state index contributed by atoms with van der Waals surface area (Å²) in [5.41, 5.74) is 0.907. The molecule has 142 valence electrons. The van der Waals surface area contributed by atoms with Crippen molar-refractivity contribution in [1.82, 2.24) is 4.72 Å². The number of benzene rings is 2. The minimum Gasteiger partial charge on any atom is -0.324 e. The SMILES string of the molecule is CCCC[C@H](N=C1NS(=O)(=O)c2ccccc21)C(=O)Nc1ccc(F)cc1. The van der Waals surface area contributed by atoms with Crippen LogP contribution in [0.2, 0.25) is 0 Å². The van der Waals surface area contributed by atoms with Crippen LogP contribution in [0.25, 0.3) is 0 Å². The molecule has 0 unspecified atom stereocenters. The normalized spacial score (nSPS) is 17.2. The maximum absolute atomic E-state index is 13.0. The van der Waals surface area contributed by atoms with Crippen LogP contribution in [0, 0.1) is 5.82 Å². The van der Waals surface area contributed by atoms with Gasteiger partial charge in [-0.3, -0.25) is 14.5 Å². The first-order chi connectivity index (χ1) is 12.9. The monoisotopic (exact) mass is 389 g/mol. The van der Waals surface area contributed by atoms with Gasteiger partial charge in [0.2, 0.25) is 5.91 Å². The van der Waals surface area contributed by atoms with E-state index in [-0.39, 0.29) is 16.6 Å². The maximum Gasteiger partial charge on any atom is 0.263 e. The molecule has 0 aromatic heterocycles. The Labute approximate surface area is 157 Å². The van der Waals surface area contributed by atoms with E-state index in [1.54, 1.807) is 18.2 Å². The number of anilines is 1. The summed E-state index contributed by atoms with van der Waals surface area (Å²) in [6, 6.07) is 11.2. The van der Waals surface area contributed by atoms with Crippen LogP contribution in [0.4, 0.5) is 10.1 Å². The van der Waals surface area contributed by atoms with Gasteiger partial charge in [0.25, 0.3) is 10.0 Å². The number of carbonyl (C=O) groups is 1. The minimum atomic E-state index is -3.66. The lowest BCUT2D eigenvalue weighted by Crippen LogP contribution is -2.30. The highest BCUT2D eigenvalue weighted by Crippen LogP contribution is 2.23. The van der Waals surface area contributed by atoms with Gasteiger partial charge < -0.3 is 5.32 Å². The molecule has 0 spiro atoms. The number of aliphatic imine (C=N–C) groups is 1. The van der Waals surface area contributed by atoms with Crippen molar-refractivity contribution >= 4 is 27.5 Å². The Morgan fingerprint density at radius 1 is 1.19 bits per heavy atom. The van der Waals surface area contributed by atoms with Crippen LogP contribution in [0.5, 0.6) is 0 Å². The van der Waals surface area contributed by atoms with Gasteiger partial charge in [-0.2, -0.15) is 0 Å². The number of rotatable bonds is 6. The van der Waals surface area contributed by atoms with Crippen LogP contribution < -0.4 is 10.0 Å². The molecule has 0 bridgehead atoms. The molecule has 6 nitrogen and oxygen atoms in total. The van der Waals surface area contributed by atoms with Crippen LogP contribution >= 0.6 is 0 Å². The third kappa shape index (κ3) is 4.33. The zero-order chi connectivity index (χ0) is 19.4. The number of amides is 1. The van der Waals surface area contributed by atoms with Gasteiger partial charge in [-0.05, 0) is 42.8 Å². The first kappa shape index (κ1) is 19.0. The number of nitrogens with one attached hydrogen (secondary N) is 2. The van der Waals surface area contributed by atoms with Gasteiger partial charge in [-0.15, -0.1) is 0 Å². The number of amidine groups is 1. The second-order valence-electron chi connectivity index (χ2n) is 6.23. The molecule has 1 aliphatic rings. The summed E-state index contributed by atoms with van der Waals surface area (Å²) in [4.78, 5) is 17.2. The van der Waals surface area contributed by atoms with E-state index in [0.717, 1.165) is 12.8 Å². The van der Waals surface area contributed by atoms with Crippen LogP contribution in [0.1, 0.15) is 31.7 Å². The number of unbranched alkanes of at least 4 members (excludes halogenated alkanes) is 1. The topological polar surface area (TPSA) is 87.6 Å². The zero-order valence-electron chi connectivity index (χ0n) is 14.8. The van der Waals surface area contributed by atoms with Crippen molar-refractivity contribution in [2.75, 3.05) is 5.32 Å². The molecule has 0 fully saturated rings. The van der Waals surface area contributed by atoms with E-state index >= 15 is 0 Å². The van der Waals surface area contributed by atoms with Crippen molar-refractivity contribution in [2.24, 2.45) is 4.99 Å². The van der Waals surface area contributed by atoms with Gasteiger partial charge in [0.15, 0.2) is 0 Å². The molecular formula is C19H20FN3O3S. The Hall–Kier alpha value is -2.74. The number of nitrogens with zero attached hydrogens (tertiary/aromatic N) is 1.